The third-order valence-corrected chi connectivity index (χ3v) is 8.71. The average Bonchev–Trinajstić information content (AvgIpc) is 3.13. The van der Waals surface area contributed by atoms with Gasteiger partial charge in [0.05, 0.1) is 33.7 Å². The van der Waals surface area contributed by atoms with Crippen molar-refractivity contribution in [1.29, 1.82) is 0 Å². The highest BCUT2D eigenvalue weighted by Crippen LogP contribution is 2.45. The monoisotopic (exact) mass is 630 g/mol. The lowest BCUT2D eigenvalue weighted by molar-refractivity contribution is -0.146. The zero-order valence-electron chi connectivity index (χ0n) is 26.1. The fourth-order valence-electron chi connectivity index (χ4n) is 5.97. The van der Waals surface area contributed by atoms with E-state index in [9.17, 15) is 19.5 Å². The van der Waals surface area contributed by atoms with Gasteiger partial charge >= 0.3 is 5.97 Å². The number of anilines is 1. The maximum Gasteiger partial charge on any atom is 0.308 e. The van der Waals surface area contributed by atoms with Gasteiger partial charge in [0.1, 0.15) is 12.2 Å². The summed E-state index contributed by atoms with van der Waals surface area (Å²) < 4.78 is 22.7. The van der Waals surface area contributed by atoms with Gasteiger partial charge in [0.2, 0.25) is 5.91 Å². The van der Waals surface area contributed by atoms with Crippen LogP contribution in [0.4, 0.5) is 5.69 Å². The zero-order chi connectivity index (χ0) is 32.0. The van der Waals surface area contributed by atoms with Gasteiger partial charge in [0.15, 0.2) is 11.5 Å². The van der Waals surface area contributed by atoms with Crippen molar-refractivity contribution >= 4 is 35.1 Å². The highest BCUT2D eigenvalue weighted by Gasteiger charge is 2.41. The molecule has 240 valence electrons. The van der Waals surface area contributed by atoms with E-state index >= 15 is 0 Å². The number of para-hydroxylation sites is 1. The van der Waals surface area contributed by atoms with Crippen molar-refractivity contribution in [3.8, 4) is 11.5 Å². The molecular weight excluding hydrogens is 588 g/mol. The molecule has 4 rings (SSSR count). The van der Waals surface area contributed by atoms with Gasteiger partial charge in [0.25, 0.3) is 5.91 Å². The van der Waals surface area contributed by atoms with Crippen LogP contribution in [0.5, 0.6) is 11.5 Å². The molecule has 0 aromatic heterocycles. The molecule has 2 atom stereocenters. The molecule has 2 aromatic carbocycles. The number of carbonyl (C=O) groups is 3. The molecule has 0 bridgehead atoms. The van der Waals surface area contributed by atoms with Crippen LogP contribution in [0.1, 0.15) is 63.2 Å². The van der Waals surface area contributed by atoms with E-state index in [-0.39, 0.29) is 43.3 Å². The molecule has 0 spiro atoms. The lowest BCUT2D eigenvalue weighted by atomic mass is 9.82. The van der Waals surface area contributed by atoms with Crippen LogP contribution in [0.3, 0.4) is 0 Å². The number of nitrogens with one attached hydrogen (secondary N) is 1. The molecule has 2 aromatic rings. The van der Waals surface area contributed by atoms with E-state index in [1.807, 2.05) is 19.9 Å². The Morgan fingerprint density at radius 2 is 1.80 bits per heavy atom. The summed E-state index contributed by atoms with van der Waals surface area (Å²) in [7, 11) is 4.47. The quantitative estimate of drug-likeness (QED) is 0.343. The first-order valence-electron chi connectivity index (χ1n) is 14.9. The number of nitrogens with zero attached hydrogens (tertiary/aromatic N) is 1. The molecule has 0 radical (unpaired) electrons. The van der Waals surface area contributed by atoms with Crippen molar-refractivity contribution in [3.63, 3.8) is 0 Å². The van der Waals surface area contributed by atoms with Crippen molar-refractivity contribution in [2.45, 2.75) is 58.2 Å². The number of benzene rings is 2. The van der Waals surface area contributed by atoms with Crippen LogP contribution in [-0.2, 0) is 23.9 Å². The summed E-state index contributed by atoms with van der Waals surface area (Å²) in [6, 6.07) is 10.6. The fourth-order valence-corrected chi connectivity index (χ4v) is 6.15. The van der Waals surface area contributed by atoms with E-state index in [2.05, 4.69) is 5.32 Å². The predicted molar refractivity (Wildman–Crippen MR) is 166 cm³/mol. The van der Waals surface area contributed by atoms with Crippen LogP contribution in [0, 0.1) is 17.3 Å². The van der Waals surface area contributed by atoms with Gasteiger partial charge in [-0.3, -0.25) is 14.4 Å². The summed E-state index contributed by atoms with van der Waals surface area (Å²) in [6.07, 6.45) is 0.859. The molecule has 0 saturated heterocycles. The van der Waals surface area contributed by atoms with Crippen LogP contribution in [0.2, 0.25) is 5.02 Å². The number of aliphatic hydroxyl groups is 1. The first kappa shape index (κ1) is 33.6. The number of halogens is 1. The Bertz CT molecular complexity index is 1340. The minimum Gasteiger partial charge on any atom is -0.493 e. The first-order chi connectivity index (χ1) is 21.0. The van der Waals surface area contributed by atoms with Crippen LogP contribution >= 0.6 is 11.6 Å². The number of carbonyl (C=O) groups excluding carboxylic acids is 3. The largest absolute Gasteiger partial charge is 0.493 e. The van der Waals surface area contributed by atoms with Gasteiger partial charge in [-0.2, -0.15) is 0 Å². The first-order valence-corrected chi connectivity index (χ1v) is 15.3. The lowest BCUT2D eigenvalue weighted by Crippen LogP contribution is -2.46. The number of fused-ring (bicyclic) bond motifs is 1. The Kier molecular flexibility index (Phi) is 11.2. The number of methoxy groups -OCH3 is 3. The number of rotatable bonds is 11. The maximum absolute atomic E-state index is 14.2. The normalized spacial score (nSPS) is 22.1. The third kappa shape index (κ3) is 7.65. The average molecular weight is 631 g/mol. The van der Waals surface area contributed by atoms with Gasteiger partial charge in [-0.1, -0.05) is 37.6 Å². The summed E-state index contributed by atoms with van der Waals surface area (Å²) in [5.74, 6) is 0.158. The Morgan fingerprint density at radius 3 is 2.43 bits per heavy atom. The molecule has 0 unspecified atom stereocenters. The Labute approximate surface area is 263 Å². The van der Waals surface area contributed by atoms with E-state index < -0.39 is 23.5 Å². The molecule has 1 aliphatic carbocycles. The highest BCUT2D eigenvalue weighted by atomic mass is 35.5. The zero-order valence-corrected chi connectivity index (χ0v) is 26.8. The molecule has 1 saturated carbocycles. The predicted octanol–water partition coefficient (Wildman–Crippen LogP) is 4.68. The molecule has 10 nitrogen and oxygen atoms in total. The topological polar surface area (TPSA) is 124 Å². The Morgan fingerprint density at radius 1 is 1.07 bits per heavy atom. The molecule has 2 N–H and O–H groups in total. The molecule has 1 fully saturated rings. The number of hydrogen-bond donors (Lipinski definition) is 2. The van der Waals surface area contributed by atoms with Gasteiger partial charge in [-0.25, -0.2) is 0 Å². The van der Waals surface area contributed by atoms with E-state index in [1.165, 1.54) is 21.3 Å². The summed E-state index contributed by atoms with van der Waals surface area (Å²) in [6.45, 7) is 4.19. The summed E-state index contributed by atoms with van der Waals surface area (Å²) in [4.78, 5) is 41.0. The van der Waals surface area contributed by atoms with Crippen molar-refractivity contribution in [1.82, 2.24) is 5.32 Å². The maximum atomic E-state index is 14.2. The van der Waals surface area contributed by atoms with Gasteiger partial charge < -0.3 is 34.3 Å². The van der Waals surface area contributed by atoms with E-state index in [1.54, 1.807) is 35.2 Å². The minimum atomic E-state index is -1.15. The third-order valence-electron chi connectivity index (χ3n) is 8.47. The Hall–Kier alpha value is -3.34. The van der Waals surface area contributed by atoms with Gasteiger partial charge in [-0.15, -0.1) is 0 Å². The summed E-state index contributed by atoms with van der Waals surface area (Å²) >= 11 is 6.49. The molecule has 2 amide bonds. The number of aliphatic hydroxyl groups excluding tert-OH is 1. The smallest absolute Gasteiger partial charge is 0.308 e. The summed E-state index contributed by atoms with van der Waals surface area (Å²) in [5.41, 5.74) is 1.16. The lowest BCUT2D eigenvalue weighted by Gasteiger charge is -2.32. The van der Waals surface area contributed by atoms with E-state index in [0.717, 1.165) is 25.7 Å². The molecule has 11 heteroatoms. The second-order valence-electron chi connectivity index (χ2n) is 12.3. The van der Waals surface area contributed by atoms with Crippen molar-refractivity contribution < 1.29 is 38.4 Å². The van der Waals surface area contributed by atoms with Crippen molar-refractivity contribution in [3.05, 3.63) is 52.5 Å². The molecule has 44 heavy (non-hydrogen) atoms. The SMILES string of the molecule is COC(=O)C1CCC(CNC(=O)C[C@H]2O[C@H](c3cccc(OC)c3OC)c3cc(Cl)ccc3N(CC(C)(C)CO)C2=O)CC1. The Balaban J connectivity index is 1.64. The van der Waals surface area contributed by atoms with Crippen molar-refractivity contribution in [2.24, 2.45) is 17.3 Å². The molecule has 1 aliphatic heterocycles. The standard InChI is InChI=1S/C33H43ClN2O8/c1-33(2,19-37)18-36-25-14-13-22(34)15-24(25)29(23-7-6-8-26(41-3)30(23)42-4)44-27(31(36)39)16-28(38)35-17-20-9-11-21(12-10-20)32(40)43-5/h6-8,13-15,20-21,27,29,37H,9-12,16-19H2,1-5H3,(H,35,38)/t20?,21?,27-,29-/m1/s1. The number of amides is 2. The van der Waals surface area contributed by atoms with Crippen LogP contribution in [0.15, 0.2) is 36.4 Å². The molecule has 2 aliphatic rings. The minimum absolute atomic E-state index is 0.0983. The highest BCUT2D eigenvalue weighted by molar-refractivity contribution is 6.30. The van der Waals surface area contributed by atoms with Crippen LogP contribution in [0.25, 0.3) is 0 Å². The fraction of sp³-hybridized carbons (Fsp3) is 0.545. The molecular formula is C33H43ClN2O8. The second-order valence-corrected chi connectivity index (χ2v) is 12.7. The van der Waals surface area contributed by atoms with Crippen molar-refractivity contribution in [2.75, 3.05) is 45.9 Å². The van der Waals surface area contributed by atoms with Gasteiger partial charge in [-0.05, 0) is 55.9 Å². The summed E-state index contributed by atoms with van der Waals surface area (Å²) in [5, 5.41) is 13.5. The molecule has 1 heterocycles. The van der Waals surface area contributed by atoms with Crippen LogP contribution < -0.4 is 19.7 Å². The van der Waals surface area contributed by atoms with Gasteiger partial charge in [0, 0.05) is 46.9 Å². The number of ether oxygens (including phenoxy) is 4. The number of esters is 1. The van der Waals surface area contributed by atoms with Crippen LogP contribution in [-0.4, -0.2) is 70.0 Å². The second kappa shape index (κ2) is 14.6. The van der Waals surface area contributed by atoms with E-state index in [4.69, 9.17) is 30.5 Å². The van der Waals surface area contributed by atoms with E-state index in [0.29, 0.717) is 39.9 Å². The number of hydrogen-bond acceptors (Lipinski definition) is 8.